The Kier molecular flexibility index (Phi) is 3.79. The van der Waals surface area contributed by atoms with Crippen LogP contribution in [-0.4, -0.2) is 17.0 Å². The molecule has 3 rings (SSSR count). The first-order chi connectivity index (χ1) is 10.2. The van der Waals surface area contributed by atoms with E-state index in [0.717, 1.165) is 38.5 Å². The van der Waals surface area contributed by atoms with E-state index >= 15 is 0 Å². The van der Waals surface area contributed by atoms with Gasteiger partial charge in [-0.15, -0.1) is 0 Å². The number of aliphatic hydroxyl groups is 1. The van der Waals surface area contributed by atoms with Crippen molar-refractivity contribution in [2.24, 2.45) is 34.0 Å². The third-order valence-electron chi connectivity index (χ3n) is 8.70. The molecule has 126 valence electrons. The highest BCUT2D eigenvalue weighted by molar-refractivity contribution is 5.85. The lowest BCUT2D eigenvalue weighted by atomic mass is 9.44. The summed E-state index contributed by atoms with van der Waals surface area (Å²) in [4.78, 5) is 12.8. The molecule has 0 saturated heterocycles. The van der Waals surface area contributed by atoms with E-state index in [1.165, 1.54) is 6.42 Å². The molecule has 2 bridgehead atoms. The van der Waals surface area contributed by atoms with Crippen LogP contribution in [0.3, 0.4) is 0 Å². The molecular weight excluding hydrogens is 272 g/mol. The zero-order chi connectivity index (χ0) is 16.3. The predicted octanol–water partition coefficient (Wildman–Crippen LogP) is 4.60. The highest BCUT2D eigenvalue weighted by atomic mass is 16.3. The van der Waals surface area contributed by atoms with Crippen LogP contribution < -0.4 is 0 Å². The first kappa shape index (κ1) is 16.5. The maximum Gasteiger partial charge on any atom is 0.137 e. The van der Waals surface area contributed by atoms with Crippen molar-refractivity contribution < 1.29 is 9.90 Å². The molecule has 0 aromatic rings. The van der Waals surface area contributed by atoms with Crippen LogP contribution in [0.4, 0.5) is 0 Å². The molecule has 3 aliphatic carbocycles. The molecule has 2 nitrogen and oxygen atoms in total. The van der Waals surface area contributed by atoms with E-state index in [9.17, 15) is 9.90 Å². The Hall–Kier alpha value is -0.370. The van der Waals surface area contributed by atoms with Crippen LogP contribution in [0.15, 0.2) is 0 Å². The van der Waals surface area contributed by atoms with Crippen molar-refractivity contribution in [2.75, 3.05) is 0 Å². The van der Waals surface area contributed by atoms with Gasteiger partial charge in [-0.25, -0.2) is 0 Å². The molecule has 22 heavy (non-hydrogen) atoms. The predicted molar refractivity (Wildman–Crippen MR) is 89.5 cm³/mol. The number of Topliss-reactive ketones (excluding diaryl/α,β-unsaturated/α-hetero) is 1. The van der Waals surface area contributed by atoms with Gasteiger partial charge in [-0.05, 0) is 66.6 Å². The highest BCUT2D eigenvalue weighted by Gasteiger charge is 2.64. The van der Waals surface area contributed by atoms with Crippen LogP contribution in [-0.2, 0) is 4.79 Å². The minimum Gasteiger partial charge on any atom is -0.392 e. The first-order valence-electron chi connectivity index (χ1n) is 9.42. The van der Waals surface area contributed by atoms with Crippen molar-refractivity contribution in [3.8, 4) is 0 Å². The zero-order valence-corrected chi connectivity index (χ0v) is 15.1. The van der Waals surface area contributed by atoms with Gasteiger partial charge >= 0.3 is 0 Å². The summed E-state index contributed by atoms with van der Waals surface area (Å²) in [6, 6.07) is 0. The van der Waals surface area contributed by atoms with Gasteiger partial charge in [-0.1, -0.05) is 34.6 Å². The quantitative estimate of drug-likeness (QED) is 0.769. The van der Waals surface area contributed by atoms with Crippen molar-refractivity contribution in [2.45, 2.75) is 85.7 Å². The molecule has 0 aromatic carbocycles. The fraction of sp³-hybridized carbons (Fsp3) is 0.950. The lowest BCUT2D eigenvalue weighted by Gasteiger charge is -2.60. The van der Waals surface area contributed by atoms with Crippen molar-refractivity contribution in [3.05, 3.63) is 0 Å². The number of carbonyl (C=O) groups excluding carboxylic acids is 1. The Morgan fingerprint density at radius 3 is 2.45 bits per heavy atom. The van der Waals surface area contributed by atoms with Crippen LogP contribution in [0.1, 0.15) is 79.6 Å². The lowest BCUT2D eigenvalue weighted by Crippen LogP contribution is -2.58. The molecule has 0 radical (unpaired) electrons. The second-order valence-electron chi connectivity index (χ2n) is 9.32. The summed E-state index contributed by atoms with van der Waals surface area (Å²) < 4.78 is 0. The van der Waals surface area contributed by atoms with Gasteiger partial charge in [0.15, 0.2) is 0 Å². The van der Waals surface area contributed by atoms with Gasteiger partial charge in [-0.2, -0.15) is 0 Å². The Bertz CT molecular complexity index is 472. The van der Waals surface area contributed by atoms with Crippen LogP contribution in [0.25, 0.3) is 0 Å². The Morgan fingerprint density at radius 1 is 1.14 bits per heavy atom. The normalized spacial score (nSPS) is 55.5. The van der Waals surface area contributed by atoms with Gasteiger partial charge < -0.3 is 5.11 Å². The summed E-state index contributed by atoms with van der Waals surface area (Å²) in [6.45, 7) is 11.5. The van der Waals surface area contributed by atoms with E-state index in [4.69, 9.17) is 0 Å². The molecule has 0 aromatic heterocycles. The Morgan fingerprint density at radius 2 is 1.82 bits per heavy atom. The fourth-order valence-electron chi connectivity index (χ4n) is 6.47. The van der Waals surface area contributed by atoms with E-state index in [2.05, 4.69) is 34.6 Å². The third-order valence-corrected chi connectivity index (χ3v) is 8.70. The SMILES string of the molecule is CC[C@]1(C)CC[C@]2(C)C(C)CC[C@]3(CCC(=O)C23)[C@H](C)[C@@H]1O. The van der Waals surface area contributed by atoms with Crippen LogP contribution in [0.5, 0.6) is 0 Å². The topological polar surface area (TPSA) is 37.3 Å². The van der Waals surface area contributed by atoms with Gasteiger partial charge in [0, 0.05) is 12.3 Å². The number of hydrogen-bond donors (Lipinski definition) is 1. The standard InChI is InChI=1S/C20H34O2/c1-6-18(4)11-12-19(5)13(2)7-9-20(14(3)17(18)22)10-8-15(21)16(19)20/h13-14,16-17,22H,6-12H2,1-5H3/t13?,14-,16?,17+,18-,19-,20+/m1/s1. The molecule has 1 N–H and O–H groups in total. The zero-order valence-electron chi connectivity index (χ0n) is 15.1. The van der Waals surface area contributed by atoms with Gasteiger partial charge in [0.1, 0.15) is 5.78 Å². The van der Waals surface area contributed by atoms with Crippen molar-refractivity contribution in [1.29, 1.82) is 0 Å². The number of carbonyl (C=O) groups is 1. The largest absolute Gasteiger partial charge is 0.392 e. The average Bonchev–Trinajstić information content (AvgIpc) is 2.86. The van der Waals surface area contributed by atoms with Crippen molar-refractivity contribution >= 4 is 5.78 Å². The molecule has 0 amide bonds. The number of ketones is 1. The highest BCUT2D eigenvalue weighted by Crippen LogP contribution is 2.67. The second kappa shape index (κ2) is 5.06. The van der Waals surface area contributed by atoms with Crippen LogP contribution in [0.2, 0.25) is 0 Å². The average molecular weight is 306 g/mol. The molecule has 2 unspecified atom stereocenters. The van der Waals surface area contributed by atoms with E-state index in [0.29, 0.717) is 11.7 Å². The first-order valence-corrected chi connectivity index (χ1v) is 9.42. The Labute approximate surface area is 136 Å². The fourth-order valence-corrected chi connectivity index (χ4v) is 6.47. The number of aliphatic hydroxyl groups excluding tert-OH is 1. The van der Waals surface area contributed by atoms with E-state index in [1.807, 2.05) is 0 Å². The smallest absolute Gasteiger partial charge is 0.137 e. The molecule has 0 aliphatic heterocycles. The molecule has 3 fully saturated rings. The van der Waals surface area contributed by atoms with Gasteiger partial charge in [0.2, 0.25) is 0 Å². The van der Waals surface area contributed by atoms with Gasteiger partial charge in [-0.3, -0.25) is 4.79 Å². The Balaban J connectivity index is 2.13. The maximum absolute atomic E-state index is 12.8. The summed E-state index contributed by atoms with van der Waals surface area (Å²) in [5.41, 5.74) is 0.201. The lowest BCUT2D eigenvalue weighted by molar-refractivity contribution is -0.164. The second-order valence-corrected chi connectivity index (χ2v) is 9.32. The molecule has 0 spiro atoms. The summed E-state index contributed by atoms with van der Waals surface area (Å²) in [5.74, 6) is 1.54. The van der Waals surface area contributed by atoms with Gasteiger partial charge in [0.25, 0.3) is 0 Å². The number of hydrogen-bond acceptors (Lipinski definition) is 2. The van der Waals surface area contributed by atoms with E-state index in [-0.39, 0.29) is 34.2 Å². The minimum atomic E-state index is -0.274. The van der Waals surface area contributed by atoms with Crippen LogP contribution >= 0.6 is 0 Å². The minimum absolute atomic E-state index is 0.00133. The van der Waals surface area contributed by atoms with E-state index < -0.39 is 0 Å². The third kappa shape index (κ3) is 1.92. The summed E-state index contributed by atoms with van der Waals surface area (Å²) in [7, 11) is 0. The molecule has 3 saturated carbocycles. The maximum atomic E-state index is 12.8. The van der Waals surface area contributed by atoms with Crippen molar-refractivity contribution in [1.82, 2.24) is 0 Å². The molecule has 3 aliphatic rings. The summed E-state index contributed by atoms with van der Waals surface area (Å²) >= 11 is 0. The summed E-state index contributed by atoms with van der Waals surface area (Å²) in [5, 5.41) is 11.2. The van der Waals surface area contributed by atoms with Crippen LogP contribution in [0, 0.1) is 34.0 Å². The molecule has 2 heteroatoms. The monoisotopic (exact) mass is 306 g/mol. The molecule has 0 heterocycles. The van der Waals surface area contributed by atoms with E-state index in [1.54, 1.807) is 0 Å². The summed E-state index contributed by atoms with van der Waals surface area (Å²) in [6.07, 6.45) is 7.01. The molecule has 7 atom stereocenters. The molecular formula is C20H34O2. The van der Waals surface area contributed by atoms with Crippen molar-refractivity contribution in [3.63, 3.8) is 0 Å². The number of rotatable bonds is 1. The van der Waals surface area contributed by atoms with Gasteiger partial charge in [0.05, 0.1) is 6.10 Å².